The summed E-state index contributed by atoms with van der Waals surface area (Å²) in [6.07, 6.45) is 0. The third kappa shape index (κ3) is 3.66. The van der Waals surface area contributed by atoms with Gasteiger partial charge in [0.15, 0.2) is 5.76 Å². The van der Waals surface area contributed by atoms with Gasteiger partial charge in [-0.15, -0.1) is 11.3 Å². The average Bonchev–Trinajstić information content (AvgIpc) is 2.91. The molecule has 0 saturated heterocycles. The molecule has 2 rings (SSSR count). The number of hydrogen-bond acceptors (Lipinski definition) is 5. The van der Waals surface area contributed by atoms with E-state index in [9.17, 15) is 0 Å². The Kier molecular flexibility index (Phi) is 4.30. The number of thiophene rings is 1. The molecule has 0 aliphatic carbocycles. The van der Waals surface area contributed by atoms with Gasteiger partial charge in [-0.2, -0.15) is 0 Å². The molecular weight excluding hydrogens is 234 g/mol. The van der Waals surface area contributed by atoms with E-state index in [1.165, 1.54) is 4.88 Å². The Morgan fingerprint density at radius 2 is 2.35 bits per heavy atom. The van der Waals surface area contributed by atoms with Gasteiger partial charge in [-0.1, -0.05) is 11.2 Å². The van der Waals surface area contributed by atoms with Crippen molar-refractivity contribution in [1.29, 1.82) is 0 Å². The molecule has 0 aliphatic heterocycles. The highest BCUT2D eigenvalue weighted by Crippen LogP contribution is 2.13. The summed E-state index contributed by atoms with van der Waals surface area (Å²) < 4.78 is 5.28. The molecular formula is C12H17N3OS. The fraction of sp³-hybridized carbons (Fsp3) is 0.417. The lowest BCUT2D eigenvalue weighted by molar-refractivity contribution is 0.267. The lowest BCUT2D eigenvalue weighted by Crippen LogP contribution is -2.16. The van der Waals surface area contributed by atoms with E-state index in [2.05, 4.69) is 39.9 Å². The second kappa shape index (κ2) is 5.95. The molecule has 2 aromatic rings. The van der Waals surface area contributed by atoms with Gasteiger partial charge in [0, 0.05) is 24.0 Å². The van der Waals surface area contributed by atoms with Crippen molar-refractivity contribution in [3.8, 4) is 0 Å². The first-order valence-electron chi connectivity index (χ1n) is 5.58. The molecule has 2 aromatic heterocycles. The quantitative estimate of drug-likeness (QED) is 0.853. The van der Waals surface area contributed by atoms with E-state index in [4.69, 9.17) is 4.52 Å². The summed E-state index contributed by atoms with van der Waals surface area (Å²) in [4.78, 5) is 3.58. The normalized spacial score (nSPS) is 11.2. The number of rotatable bonds is 6. The SMILES string of the molecule is CNCc1cc(CN(C)Cc2cccs2)on1. The van der Waals surface area contributed by atoms with Crippen LogP contribution in [-0.2, 0) is 19.6 Å². The number of nitrogens with one attached hydrogen (secondary N) is 1. The van der Waals surface area contributed by atoms with Crippen LogP contribution in [0.25, 0.3) is 0 Å². The van der Waals surface area contributed by atoms with Crippen LogP contribution in [-0.4, -0.2) is 24.2 Å². The van der Waals surface area contributed by atoms with E-state index in [-0.39, 0.29) is 0 Å². The fourth-order valence-electron chi connectivity index (χ4n) is 1.69. The van der Waals surface area contributed by atoms with Gasteiger partial charge < -0.3 is 9.84 Å². The van der Waals surface area contributed by atoms with Crippen LogP contribution in [0.1, 0.15) is 16.3 Å². The molecule has 92 valence electrons. The van der Waals surface area contributed by atoms with Crippen LogP contribution in [0.2, 0.25) is 0 Å². The van der Waals surface area contributed by atoms with E-state index in [0.717, 1.165) is 31.1 Å². The van der Waals surface area contributed by atoms with Crippen LogP contribution in [0, 0.1) is 0 Å². The van der Waals surface area contributed by atoms with Gasteiger partial charge in [0.2, 0.25) is 0 Å². The molecule has 0 saturated carbocycles. The minimum Gasteiger partial charge on any atom is -0.360 e. The lowest BCUT2D eigenvalue weighted by Gasteiger charge is -2.12. The largest absolute Gasteiger partial charge is 0.360 e. The predicted molar refractivity (Wildman–Crippen MR) is 68.8 cm³/mol. The molecule has 17 heavy (non-hydrogen) atoms. The van der Waals surface area contributed by atoms with Crippen LogP contribution in [0.4, 0.5) is 0 Å². The Balaban J connectivity index is 1.86. The van der Waals surface area contributed by atoms with Gasteiger partial charge in [-0.05, 0) is 25.5 Å². The van der Waals surface area contributed by atoms with Gasteiger partial charge >= 0.3 is 0 Å². The van der Waals surface area contributed by atoms with Crippen LogP contribution in [0.5, 0.6) is 0 Å². The highest BCUT2D eigenvalue weighted by Gasteiger charge is 2.07. The average molecular weight is 251 g/mol. The van der Waals surface area contributed by atoms with E-state index < -0.39 is 0 Å². The van der Waals surface area contributed by atoms with Crippen LogP contribution in [0.15, 0.2) is 28.1 Å². The predicted octanol–water partition coefficient (Wildman–Crippen LogP) is 2.09. The monoisotopic (exact) mass is 251 g/mol. The minimum atomic E-state index is 0.748. The van der Waals surface area contributed by atoms with Crippen molar-refractivity contribution in [2.24, 2.45) is 0 Å². The second-order valence-corrected chi connectivity index (χ2v) is 5.10. The van der Waals surface area contributed by atoms with Crippen molar-refractivity contribution in [1.82, 2.24) is 15.4 Å². The Bertz CT molecular complexity index is 438. The van der Waals surface area contributed by atoms with Gasteiger partial charge in [0.25, 0.3) is 0 Å². The molecule has 0 atom stereocenters. The molecule has 0 amide bonds. The minimum absolute atomic E-state index is 0.748. The maximum atomic E-state index is 5.28. The summed E-state index contributed by atoms with van der Waals surface area (Å²) in [5.74, 6) is 0.911. The number of nitrogens with zero attached hydrogens (tertiary/aromatic N) is 2. The summed E-state index contributed by atoms with van der Waals surface area (Å²) >= 11 is 1.78. The summed E-state index contributed by atoms with van der Waals surface area (Å²) in [5.41, 5.74) is 0.951. The van der Waals surface area contributed by atoms with Crippen molar-refractivity contribution in [3.05, 3.63) is 39.9 Å². The molecule has 0 radical (unpaired) electrons. The molecule has 0 spiro atoms. The molecule has 0 bridgehead atoms. The first-order chi connectivity index (χ1) is 8.28. The highest BCUT2D eigenvalue weighted by molar-refractivity contribution is 7.09. The Morgan fingerprint density at radius 1 is 1.47 bits per heavy atom. The Hall–Kier alpha value is -1.17. The van der Waals surface area contributed by atoms with Crippen molar-refractivity contribution >= 4 is 11.3 Å². The molecule has 4 nitrogen and oxygen atoms in total. The molecule has 0 aliphatic rings. The highest BCUT2D eigenvalue weighted by atomic mass is 32.1. The standard InChI is InChI=1S/C12H17N3OS/c1-13-7-10-6-11(16-14-10)8-15(2)9-12-4-3-5-17-12/h3-6,13H,7-9H2,1-2H3. The number of aromatic nitrogens is 1. The maximum absolute atomic E-state index is 5.28. The second-order valence-electron chi connectivity index (χ2n) is 4.07. The zero-order chi connectivity index (χ0) is 12.1. The van der Waals surface area contributed by atoms with E-state index >= 15 is 0 Å². The lowest BCUT2D eigenvalue weighted by atomic mass is 10.3. The first kappa shape index (κ1) is 12.3. The molecule has 0 aromatic carbocycles. The van der Waals surface area contributed by atoms with Gasteiger partial charge in [0.05, 0.1) is 12.2 Å². The van der Waals surface area contributed by atoms with Crippen LogP contribution >= 0.6 is 11.3 Å². The zero-order valence-corrected chi connectivity index (χ0v) is 11.0. The maximum Gasteiger partial charge on any atom is 0.151 e. The third-order valence-electron chi connectivity index (χ3n) is 2.40. The van der Waals surface area contributed by atoms with Crippen molar-refractivity contribution in [2.75, 3.05) is 14.1 Å². The van der Waals surface area contributed by atoms with E-state index in [1.54, 1.807) is 11.3 Å². The Labute approximate surface area is 105 Å². The molecule has 0 fully saturated rings. The Morgan fingerprint density at radius 3 is 3.06 bits per heavy atom. The van der Waals surface area contributed by atoms with E-state index in [1.807, 2.05) is 13.1 Å². The van der Waals surface area contributed by atoms with E-state index in [0.29, 0.717) is 0 Å². The molecule has 2 heterocycles. The van der Waals surface area contributed by atoms with Gasteiger partial charge in [-0.3, -0.25) is 4.90 Å². The summed E-state index contributed by atoms with van der Waals surface area (Å²) in [7, 11) is 3.98. The smallest absolute Gasteiger partial charge is 0.151 e. The molecule has 1 N–H and O–H groups in total. The molecule has 5 heteroatoms. The third-order valence-corrected chi connectivity index (χ3v) is 3.26. The van der Waals surface area contributed by atoms with Crippen LogP contribution < -0.4 is 5.32 Å². The zero-order valence-electron chi connectivity index (χ0n) is 10.1. The van der Waals surface area contributed by atoms with Crippen molar-refractivity contribution in [2.45, 2.75) is 19.6 Å². The summed E-state index contributed by atoms with van der Waals surface area (Å²) in [6, 6.07) is 6.22. The van der Waals surface area contributed by atoms with Gasteiger partial charge in [-0.25, -0.2) is 0 Å². The fourth-order valence-corrected chi connectivity index (χ4v) is 2.47. The van der Waals surface area contributed by atoms with Crippen LogP contribution in [0.3, 0.4) is 0 Å². The molecule has 0 unspecified atom stereocenters. The van der Waals surface area contributed by atoms with Crippen molar-refractivity contribution in [3.63, 3.8) is 0 Å². The first-order valence-corrected chi connectivity index (χ1v) is 6.46. The summed E-state index contributed by atoms with van der Waals surface area (Å²) in [6.45, 7) is 2.48. The number of hydrogen-bond donors (Lipinski definition) is 1. The van der Waals surface area contributed by atoms with Gasteiger partial charge in [0.1, 0.15) is 0 Å². The topological polar surface area (TPSA) is 41.3 Å². The van der Waals surface area contributed by atoms with Crippen molar-refractivity contribution < 1.29 is 4.52 Å². The summed E-state index contributed by atoms with van der Waals surface area (Å²) in [5, 5.41) is 9.15.